The summed E-state index contributed by atoms with van der Waals surface area (Å²) in [7, 11) is 0. The lowest BCUT2D eigenvalue weighted by Gasteiger charge is -2.58. The van der Waals surface area contributed by atoms with E-state index in [-0.39, 0.29) is 0 Å². The topological polar surface area (TPSA) is 0 Å². The van der Waals surface area contributed by atoms with E-state index < -0.39 is 0 Å². The van der Waals surface area contributed by atoms with E-state index >= 15 is 0 Å². The van der Waals surface area contributed by atoms with Crippen LogP contribution in [0.25, 0.3) is 0 Å². The first-order chi connectivity index (χ1) is 12.9. The summed E-state index contributed by atoms with van der Waals surface area (Å²) in [4.78, 5) is 0. The molecule has 0 aromatic heterocycles. The number of hydrogen-bond acceptors (Lipinski definition) is 0. The monoisotopic (exact) mass is 370 g/mol. The molecular formula is C27H46. The van der Waals surface area contributed by atoms with Crippen molar-refractivity contribution in [3.63, 3.8) is 0 Å². The van der Waals surface area contributed by atoms with Crippen molar-refractivity contribution in [1.82, 2.24) is 0 Å². The fraction of sp³-hybridized carbons (Fsp3) is 0.926. The number of hydrogen-bond donors (Lipinski definition) is 0. The number of unbranched alkanes of at least 4 members (excludes halogenated alkanes) is 2. The molecule has 0 aliphatic heterocycles. The van der Waals surface area contributed by atoms with Crippen LogP contribution in [-0.2, 0) is 0 Å². The Morgan fingerprint density at radius 1 is 1.04 bits per heavy atom. The summed E-state index contributed by atoms with van der Waals surface area (Å²) in [6, 6.07) is 0. The summed E-state index contributed by atoms with van der Waals surface area (Å²) in [6.07, 6.45) is 20.4. The van der Waals surface area contributed by atoms with Crippen molar-refractivity contribution < 1.29 is 0 Å². The van der Waals surface area contributed by atoms with Crippen LogP contribution in [0.5, 0.6) is 0 Å². The van der Waals surface area contributed by atoms with Crippen LogP contribution in [0.1, 0.15) is 112 Å². The van der Waals surface area contributed by atoms with Crippen LogP contribution in [0.4, 0.5) is 0 Å². The van der Waals surface area contributed by atoms with Gasteiger partial charge in [0.1, 0.15) is 0 Å². The molecular weight excluding hydrogens is 324 g/mol. The Bertz CT molecular complexity index is 558. The molecule has 1 unspecified atom stereocenters. The fourth-order valence-corrected chi connectivity index (χ4v) is 8.74. The van der Waals surface area contributed by atoms with Gasteiger partial charge in [0.15, 0.2) is 0 Å². The zero-order valence-corrected chi connectivity index (χ0v) is 19.0. The van der Waals surface area contributed by atoms with Crippen molar-refractivity contribution in [2.75, 3.05) is 0 Å². The van der Waals surface area contributed by atoms with Crippen molar-refractivity contribution >= 4 is 0 Å². The first kappa shape index (κ1) is 20.0. The molecule has 0 spiro atoms. The minimum atomic E-state index is 0.557. The van der Waals surface area contributed by atoms with Gasteiger partial charge in [0.25, 0.3) is 0 Å². The molecule has 8 atom stereocenters. The average molecular weight is 371 g/mol. The molecule has 0 aromatic carbocycles. The summed E-state index contributed by atoms with van der Waals surface area (Å²) in [6.45, 7) is 12.8. The lowest BCUT2D eigenvalue weighted by molar-refractivity contribution is -0.0522. The van der Waals surface area contributed by atoms with Crippen LogP contribution >= 0.6 is 0 Å². The first-order valence-electron chi connectivity index (χ1n) is 12.6. The highest BCUT2D eigenvalue weighted by atomic mass is 14.6. The maximum Gasteiger partial charge on any atom is -0.00851 e. The molecule has 3 fully saturated rings. The summed E-state index contributed by atoms with van der Waals surface area (Å²) < 4.78 is 0. The molecule has 4 aliphatic carbocycles. The SMILES string of the molecule is CCCCCC(C)[C@H]1CC[C@H]2[C@@H]3CC=C4C[C@@H](C)CC[C@]4(C)[C@H]3CC[C@]12C. The quantitative estimate of drug-likeness (QED) is 0.336. The largest absolute Gasteiger partial charge is 0.0845 e. The number of allylic oxidation sites excluding steroid dienone is 2. The molecule has 0 bridgehead atoms. The highest BCUT2D eigenvalue weighted by molar-refractivity contribution is 5.25. The maximum absolute atomic E-state index is 2.75. The van der Waals surface area contributed by atoms with E-state index in [1.165, 1.54) is 77.0 Å². The molecule has 154 valence electrons. The van der Waals surface area contributed by atoms with Crippen LogP contribution < -0.4 is 0 Å². The van der Waals surface area contributed by atoms with Gasteiger partial charge in [0.05, 0.1) is 0 Å². The van der Waals surface area contributed by atoms with Crippen LogP contribution in [0.15, 0.2) is 11.6 Å². The van der Waals surface area contributed by atoms with E-state index in [0.29, 0.717) is 10.8 Å². The molecule has 0 heterocycles. The summed E-state index contributed by atoms with van der Waals surface area (Å²) >= 11 is 0. The number of fused-ring (bicyclic) bond motifs is 5. The molecule has 0 radical (unpaired) electrons. The Morgan fingerprint density at radius 2 is 1.85 bits per heavy atom. The third-order valence-electron chi connectivity index (χ3n) is 10.4. The van der Waals surface area contributed by atoms with Crippen molar-refractivity contribution in [1.29, 1.82) is 0 Å². The van der Waals surface area contributed by atoms with Crippen LogP contribution in [0.3, 0.4) is 0 Å². The third kappa shape index (κ3) is 3.26. The predicted octanol–water partition coefficient (Wildman–Crippen LogP) is 8.42. The minimum absolute atomic E-state index is 0.557. The molecule has 4 aliphatic rings. The average Bonchev–Trinajstić information content (AvgIpc) is 3.00. The standard InChI is InChI=1S/C27H46/c1-6-7-8-9-20(3)23-12-13-24-22-11-10-21-18-19(2)14-16-26(21,4)25(22)15-17-27(23,24)5/h10,19-20,22-25H,6-9,11-18H2,1-5H3/t19-,20?,22-,23+,24-,25-,26-,27+/m0/s1. The molecule has 0 aromatic rings. The van der Waals surface area contributed by atoms with Crippen molar-refractivity contribution in [3.8, 4) is 0 Å². The molecule has 0 nitrogen and oxygen atoms in total. The molecule has 27 heavy (non-hydrogen) atoms. The highest BCUT2D eigenvalue weighted by Crippen LogP contribution is 2.67. The second-order valence-electron chi connectivity index (χ2n) is 11.8. The molecule has 3 saturated carbocycles. The van der Waals surface area contributed by atoms with Gasteiger partial charge in [-0.1, -0.05) is 72.0 Å². The Hall–Kier alpha value is -0.260. The molecule has 0 heteroatoms. The Labute approximate surface area is 170 Å². The summed E-state index contributed by atoms with van der Waals surface area (Å²) in [5.41, 5.74) is 3.08. The van der Waals surface area contributed by atoms with Gasteiger partial charge in [-0.15, -0.1) is 0 Å². The van der Waals surface area contributed by atoms with Gasteiger partial charge in [-0.2, -0.15) is 0 Å². The molecule has 0 amide bonds. The van der Waals surface area contributed by atoms with Gasteiger partial charge in [-0.3, -0.25) is 0 Å². The van der Waals surface area contributed by atoms with Gasteiger partial charge in [-0.05, 0) is 97.7 Å². The first-order valence-corrected chi connectivity index (χ1v) is 12.6. The van der Waals surface area contributed by atoms with Gasteiger partial charge >= 0.3 is 0 Å². The smallest absolute Gasteiger partial charge is 0.00851 e. The van der Waals surface area contributed by atoms with Crippen molar-refractivity contribution in [2.45, 2.75) is 112 Å². The molecule has 0 saturated heterocycles. The Morgan fingerprint density at radius 3 is 2.63 bits per heavy atom. The summed E-state index contributed by atoms with van der Waals surface area (Å²) in [5.74, 6) is 5.89. The van der Waals surface area contributed by atoms with Gasteiger partial charge < -0.3 is 0 Å². The minimum Gasteiger partial charge on any atom is -0.0845 e. The van der Waals surface area contributed by atoms with E-state index in [9.17, 15) is 0 Å². The van der Waals surface area contributed by atoms with E-state index in [0.717, 1.165) is 35.5 Å². The second-order valence-corrected chi connectivity index (χ2v) is 11.8. The predicted molar refractivity (Wildman–Crippen MR) is 118 cm³/mol. The lowest BCUT2D eigenvalue weighted by atomic mass is 9.46. The Balaban J connectivity index is 1.52. The number of rotatable bonds is 5. The molecule has 0 N–H and O–H groups in total. The van der Waals surface area contributed by atoms with Gasteiger partial charge in [0.2, 0.25) is 0 Å². The molecule has 4 rings (SSSR count). The van der Waals surface area contributed by atoms with E-state index in [4.69, 9.17) is 0 Å². The maximum atomic E-state index is 2.75. The van der Waals surface area contributed by atoms with E-state index in [1.54, 1.807) is 0 Å². The fourth-order valence-electron chi connectivity index (χ4n) is 8.74. The lowest BCUT2D eigenvalue weighted by Crippen LogP contribution is -2.50. The zero-order valence-electron chi connectivity index (χ0n) is 19.0. The summed E-state index contributed by atoms with van der Waals surface area (Å²) in [5, 5.41) is 0. The van der Waals surface area contributed by atoms with Crippen molar-refractivity contribution in [3.05, 3.63) is 11.6 Å². The van der Waals surface area contributed by atoms with Gasteiger partial charge in [-0.25, -0.2) is 0 Å². The third-order valence-corrected chi connectivity index (χ3v) is 10.4. The van der Waals surface area contributed by atoms with E-state index in [1.807, 2.05) is 5.57 Å². The van der Waals surface area contributed by atoms with Crippen LogP contribution in [0.2, 0.25) is 0 Å². The van der Waals surface area contributed by atoms with Crippen LogP contribution in [-0.4, -0.2) is 0 Å². The van der Waals surface area contributed by atoms with Crippen LogP contribution in [0, 0.1) is 46.3 Å². The zero-order chi connectivity index (χ0) is 19.2. The highest BCUT2D eigenvalue weighted by Gasteiger charge is 2.58. The normalized spacial score (nSPS) is 47.6. The Kier molecular flexibility index (Phi) is 5.59. The second kappa shape index (κ2) is 7.53. The van der Waals surface area contributed by atoms with E-state index in [2.05, 4.69) is 40.7 Å². The van der Waals surface area contributed by atoms with Gasteiger partial charge in [0, 0.05) is 0 Å². The van der Waals surface area contributed by atoms with Crippen molar-refractivity contribution in [2.24, 2.45) is 46.3 Å².